The number of aliphatic carboxylic acids is 2. The lowest BCUT2D eigenvalue weighted by atomic mass is 10.6. The van der Waals surface area contributed by atoms with Crippen molar-refractivity contribution in [3.63, 3.8) is 0 Å². The summed E-state index contributed by atoms with van der Waals surface area (Å²) in [5.41, 5.74) is 4.53. The molecule has 13 heavy (non-hydrogen) atoms. The van der Waals surface area contributed by atoms with Gasteiger partial charge in [0.1, 0.15) is 0 Å². The topological polar surface area (TPSA) is 118 Å². The van der Waals surface area contributed by atoms with E-state index in [1.165, 1.54) is 0 Å². The molecule has 0 aromatic rings. The molecule has 0 fully saturated rings. The summed E-state index contributed by atoms with van der Waals surface area (Å²) in [6.45, 7) is 5.25. The van der Waals surface area contributed by atoms with Crippen LogP contribution in [0, 0.1) is 0 Å². The lowest BCUT2D eigenvalue weighted by Crippen LogP contribution is -2.04. The lowest BCUT2D eigenvalue weighted by Gasteiger charge is -1.65. The largest absolute Gasteiger partial charge is 0.481 e. The third kappa shape index (κ3) is 30000. The van der Waals surface area contributed by atoms with Crippen molar-refractivity contribution in [3.05, 3.63) is 12.7 Å². The molecule has 4 N–H and O–H groups in total. The van der Waals surface area contributed by atoms with Gasteiger partial charge in [-0.05, 0) is 6.08 Å². The predicted octanol–water partition coefficient (Wildman–Crippen LogP) is -0.160. The molecule has 0 saturated heterocycles. The first kappa shape index (κ1) is 17.3. The van der Waals surface area contributed by atoms with Crippen LogP contribution in [0.25, 0.3) is 0 Å². The monoisotopic (exact) mass is 191 g/mol. The van der Waals surface area contributed by atoms with Crippen molar-refractivity contribution in [1.82, 2.24) is 0 Å². The molecule has 0 spiro atoms. The maximum atomic E-state index is 9.47. The normalized spacial score (nSPS) is 6.31. The van der Waals surface area contributed by atoms with E-state index in [0.717, 1.165) is 19.9 Å². The second-order valence-corrected chi connectivity index (χ2v) is 1.64. The van der Waals surface area contributed by atoms with E-state index >= 15 is 0 Å². The minimum Gasteiger partial charge on any atom is -0.481 e. The molecule has 1 amide bonds. The first-order valence-corrected chi connectivity index (χ1v) is 3.05. The van der Waals surface area contributed by atoms with Crippen LogP contribution in [0.5, 0.6) is 0 Å². The predicted molar refractivity (Wildman–Crippen MR) is 46.0 cm³/mol. The Bertz CT molecular complexity index is 167. The average molecular weight is 191 g/mol. The molecule has 0 aromatic carbocycles. The number of hydrogen-bond donors (Lipinski definition) is 3. The molecule has 0 bridgehead atoms. The third-order valence-electron chi connectivity index (χ3n) is 0.201. The van der Waals surface area contributed by atoms with Crippen molar-refractivity contribution in [2.75, 3.05) is 0 Å². The summed E-state index contributed by atoms with van der Waals surface area (Å²) < 4.78 is 0. The highest BCUT2D eigenvalue weighted by molar-refractivity contribution is 5.84. The van der Waals surface area contributed by atoms with Gasteiger partial charge in [-0.15, -0.1) is 0 Å². The molecular formula is C7H13NO5. The van der Waals surface area contributed by atoms with Gasteiger partial charge in [-0.3, -0.25) is 14.4 Å². The number of carbonyl (C=O) groups is 3. The van der Waals surface area contributed by atoms with E-state index in [-0.39, 0.29) is 0 Å². The standard InChI is InChI=1S/C3H5NO.2C2H4O2/c1-2-3(4)5;2*1-2(3)4/h2H,1H2,(H2,4,5);2*1H3,(H,3,4). The fraction of sp³-hybridized carbons (Fsp3) is 0.286. The Balaban J connectivity index is -0.000000117. The highest BCUT2D eigenvalue weighted by atomic mass is 16.4. The Morgan fingerprint density at radius 3 is 1.23 bits per heavy atom. The van der Waals surface area contributed by atoms with Crippen LogP contribution in [-0.2, 0) is 14.4 Å². The summed E-state index contributed by atoms with van der Waals surface area (Å²) in [7, 11) is 0. The number of nitrogens with two attached hydrogens (primary N) is 1. The minimum absolute atomic E-state index is 0.481. The molecule has 6 heteroatoms. The van der Waals surface area contributed by atoms with E-state index in [1.807, 2.05) is 0 Å². The van der Waals surface area contributed by atoms with E-state index in [0.29, 0.717) is 0 Å². The highest BCUT2D eigenvalue weighted by Gasteiger charge is 1.69. The molecule has 76 valence electrons. The SMILES string of the molecule is C=CC(N)=O.CC(=O)O.CC(=O)O. The molecule has 0 heterocycles. The van der Waals surface area contributed by atoms with Crippen LogP contribution in [0.2, 0.25) is 0 Å². The van der Waals surface area contributed by atoms with E-state index in [1.54, 1.807) is 0 Å². The fourth-order valence-corrected chi connectivity index (χ4v) is 0. The van der Waals surface area contributed by atoms with Crippen molar-refractivity contribution in [3.8, 4) is 0 Å². The molecular weight excluding hydrogens is 178 g/mol. The summed E-state index contributed by atoms with van der Waals surface area (Å²) in [6, 6.07) is 0. The molecule has 0 aliphatic rings. The van der Waals surface area contributed by atoms with Crippen LogP contribution < -0.4 is 5.73 Å². The van der Waals surface area contributed by atoms with Gasteiger partial charge in [0.15, 0.2) is 0 Å². The first-order valence-electron chi connectivity index (χ1n) is 3.05. The number of carbonyl (C=O) groups excluding carboxylic acids is 1. The summed E-state index contributed by atoms with van der Waals surface area (Å²) in [5, 5.41) is 14.8. The number of rotatable bonds is 1. The van der Waals surface area contributed by atoms with Crippen LogP contribution >= 0.6 is 0 Å². The summed E-state index contributed by atoms with van der Waals surface area (Å²) >= 11 is 0. The number of amides is 1. The van der Waals surface area contributed by atoms with Gasteiger partial charge < -0.3 is 15.9 Å². The maximum absolute atomic E-state index is 9.47. The number of hydrogen-bond acceptors (Lipinski definition) is 3. The van der Waals surface area contributed by atoms with Gasteiger partial charge in [-0.1, -0.05) is 6.58 Å². The molecule has 6 nitrogen and oxygen atoms in total. The zero-order chi connectivity index (χ0) is 11.4. The van der Waals surface area contributed by atoms with Gasteiger partial charge in [-0.25, -0.2) is 0 Å². The molecule has 0 atom stereocenters. The van der Waals surface area contributed by atoms with Crippen molar-refractivity contribution in [2.24, 2.45) is 5.73 Å². The van der Waals surface area contributed by atoms with Crippen LogP contribution in [0.3, 0.4) is 0 Å². The van der Waals surface area contributed by atoms with Crippen LogP contribution in [0.15, 0.2) is 12.7 Å². The van der Waals surface area contributed by atoms with Gasteiger partial charge >= 0.3 is 0 Å². The zero-order valence-corrected chi connectivity index (χ0v) is 7.48. The molecule has 0 aliphatic carbocycles. The van der Waals surface area contributed by atoms with Crippen molar-refractivity contribution in [2.45, 2.75) is 13.8 Å². The van der Waals surface area contributed by atoms with Crippen LogP contribution in [0.4, 0.5) is 0 Å². The van der Waals surface area contributed by atoms with E-state index < -0.39 is 17.8 Å². The van der Waals surface area contributed by atoms with E-state index in [9.17, 15) is 4.79 Å². The number of carboxylic acid groups (broad SMARTS) is 2. The number of primary amides is 1. The van der Waals surface area contributed by atoms with Gasteiger partial charge in [0, 0.05) is 13.8 Å². The van der Waals surface area contributed by atoms with Gasteiger partial charge in [-0.2, -0.15) is 0 Å². The second kappa shape index (κ2) is 12.8. The van der Waals surface area contributed by atoms with Crippen molar-refractivity contribution >= 4 is 17.8 Å². The van der Waals surface area contributed by atoms with E-state index in [4.69, 9.17) is 19.8 Å². The van der Waals surface area contributed by atoms with Gasteiger partial charge in [0.05, 0.1) is 0 Å². The Kier molecular flexibility index (Phi) is 17.0. The molecule has 0 radical (unpaired) electrons. The van der Waals surface area contributed by atoms with Crippen LogP contribution in [0.1, 0.15) is 13.8 Å². The molecule has 0 saturated carbocycles. The Morgan fingerprint density at radius 2 is 1.23 bits per heavy atom. The minimum atomic E-state index is -0.833. The summed E-state index contributed by atoms with van der Waals surface area (Å²) in [6.07, 6.45) is 1.06. The Morgan fingerprint density at radius 1 is 1.15 bits per heavy atom. The summed E-state index contributed by atoms with van der Waals surface area (Å²) in [4.78, 5) is 27.5. The third-order valence-corrected chi connectivity index (χ3v) is 0.201. The molecule has 0 aliphatic heterocycles. The Hall–Kier alpha value is -1.85. The van der Waals surface area contributed by atoms with Crippen molar-refractivity contribution < 1.29 is 24.6 Å². The second-order valence-electron chi connectivity index (χ2n) is 1.64. The van der Waals surface area contributed by atoms with Gasteiger partial charge in [0.25, 0.3) is 11.9 Å². The lowest BCUT2D eigenvalue weighted by molar-refractivity contribution is -0.135. The Labute approximate surface area is 75.7 Å². The highest BCUT2D eigenvalue weighted by Crippen LogP contribution is 1.48. The fourth-order valence-electron chi connectivity index (χ4n) is 0. The smallest absolute Gasteiger partial charge is 0.300 e. The van der Waals surface area contributed by atoms with Gasteiger partial charge in [0.2, 0.25) is 5.91 Å². The number of carboxylic acids is 2. The van der Waals surface area contributed by atoms with E-state index in [2.05, 4.69) is 12.3 Å². The zero-order valence-electron chi connectivity index (χ0n) is 7.48. The van der Waals surface area contributed by atoms with Crippen molar-refractivity contribution in [1.29, 1.82) is 0 Å². The molecule has 0 aromatic heterocycles. The summed E-state index contributed by atoms with van der Waals surface area (Å²) in [5.74, 6) is -2.15. The average Bonchev–Trinajstić information content (AvgIpc) is 1.84. The first-order chi connectivity index (χ1) is 5.73. The quantitative estimate of drug-likeness (QED) is 0.497. The molecule has 0 rings (SSSR count). The maximum Gasteiger partial charge on any atom is 0.300 e. The van der Waals surface area contributed by atoms with Crippen LogP contribution in [-0.4, -0.2) is 28.1 Å². The molecule has 0 unspecified atom stereocenters.